The van der Waals surface area contributed by atoms with Gasteiger partial charge in [0, 0.05) is 34.1 Å². The topological polar surface area (TPSA) is 87.8 Å². The molecule has 4 aromatic rings. The SMILES string of the molecule is Nc1cc(-c2cc(C(O)c3ccc(Cl)cc3)c(-c3ncc[nH]3)s2)ccn1. The van der Waals surface area contributed by atoms with Crippen molar-refractivity contribution in [2.24, 2.45) is 0 Å². The van der Waals surface area contributed by atoms with Crippen LogP contribution in [-0.4, -0.2) is 20.1 Å². The van der Waals surface area contributed by atoms with E-state index in [9.17, 15) is 5.11 Å². The van der Waals surface area contributed by atoms with Gasteiger partial charge in [-0.3, -0.25) is 0 Å². The van der Waals surface area contributed by atoms with E-state index in [-0.39, 0.29) is 0 Å². The van der Waals surface area contributed by atoms with E-state index in [2.05, 4.69) is 15.0 Å². The number of benzene rings is 1. The highest BCUT2D eigenvalue weighted by atomic mass is 35.5. The number of hydrogen-bond donors (Lipinski definition) is 3. The van der Waals surface area contributed by atoms with Gasteiger partial charge < -0.3 is 15.8 Å². The predicted molar refractivity (Wildman–Crippen MR) is 105 cm³/mol. The van der Waals surface area contributed by atoms with Gasteiger partial charge in [0.1, 0.15) is 17.7 Å². The summed E-state index contributed by atoms with van der Waals surface area (Å²) in [5.74, 6) is 1.17. The Hall–Kier alpha value is -2.67. The predicted octanol–water partition coefficient (Wildman–Crippen LogP) is 4.52. The number of thiophene rings is 1. The summed E-state index contributed by atoms with van der Waals surface area (Å²) in [6.07, 6.45) is 4.33. The van der Waals surface area contributed by atoms with Crippen molar-refractivity contribution in [2.75, 3.05) is 5.73 Å². The maximum Gasteiger partial charge on any atom is 0.147 e. The van der Waals surface area contributed by atoms with Gasteiger partial charge in [0.05, 0.1) is 4.88 Å². The Morgan fingerprint density at radius 3 is 2.58 bits per heavy atom. The summed E-state index contributed by atoms with van der Waals surface area (Å²) < 4.78 is 0. The Bertz CT molecular complexity index is 1030. The van der Waals surface area contributed by atoms with Gasteiger partial charge in [0.15, 0.2) is 0 Å². The molecule has 3 heterocycles. The molecule has 3 aromatic heterocycles. The van der Waals surface area contributed by atoms with E-state index in [1.807, 2.05) is 30.3 Å². The average molecular weight is 383 g/mol. The van der Waals surface area contributed by atoms with Crippen LogP contribution in [0.5, 0.6) is 0 Å². The highest BCUT2D eigenvalue weighted by Crippen LogP contribution is 2.41. The normalized spacial score (nSPS) is 12.2. The quantitative estimate of drug-likeness (QED) is 0.484. The zero-order valence-electron chi connectivity index (χ0n) is 13.6. The van der Waals surface area contributed by atoms with Crippen molar-refractivity contribution in [2.45, 2.75) is 6.10 Å². The molecule has 0 aliphatic heterocycles. The molecule has 0 aliphatic rings. The minimum Gasteiger partial charge on any atom is -0.384 e. The first-order valence-electron chi connectivity index (χ1n) is 7.91. The third-order valence-electron chi connectivity index (χ3n) is 4.02. The molecule has 1 aromatic carbocycles. The second kappa shape index (κ2) is 6.92. The minimum absolute atomic E-state index is 0.454. The molecule has 130 valence electrons. The van der Waals surface area contributed by atoms with Crippen LogP contribution >= 0.6 is 22.9 Å². The molecule has 7 heteroatoms. The van der Waals surface area contributed by atoms with Crippen LogP contribution in [-0.2, 0) is 0 Å². The average Bonchev–Trinajstić information content (AvgIpc) is 3.31. The maximum absolute atomic E-state index is 11.0. The van der Waals surface area contributed by atoms with Crippen LogP contribution in [0, 0.1) is 0 Å². The second-order valence-corrected chi connectivity index (χ2v) is 7.25. The number of aromatic amines is 1. The summed E-state index contributed by atoms with van der Waals surface area (Å²) in [6.45, 7) is 0. The smallest absolute Gasteiger partial charge is 0.147 e. The first kappa shape index (κ1) is 16.8. The molecule has 26 heavy (non-hydrogen) atoms. The molecular formula is C19H15ClN4OS. The summed E-state index contributed by atoms with van der Waals surface area (Å²) in [6, 6.07) is 12.9. The van der Waals surface area contributed by atoms with Crippen LogP contribution in [0.3, 0.4) is 0 Å². The van der Waals surface area contributed by atoms with Crippen LogP contribution in [0.4, 0.5) is 5.82 Å². The lowest BCUT2D eigenvalue weighted by Gasteiger charge is -2.11. The van der Waals surface area contributed by atoms with E-state index in [0.29, 0.717) is 16.7 Å². The number of pyridine rings is 1. The Labute approximate surface area is 159 Å². The van der Waals surface area contributed by atoms with Gasteiger partial charge in [0.2, 0.25) is 0 Å². The largest absolute Gasteiger partial charge is 0.384 e. The number of imidazole rings is 1. The van der Waals surface area contributed by atoms with Crippen molar-refractivity contribution in [3.8, 4) is 21.1 Å². The van der Waals surface area contributed by atoms with Crippen LogP contribution in [0.15, 0.2) is 61.1 Å². The van der Waals surface area contributed by atoms with Gasteiger partial charge in [0.25, 0.3) is 0 Å². The van der Waals surface area contributed by atoms with Crippen molar-refractivity contribution in [1.82, 2.24) is 15.0 Å². The molecule has 5 nitrogen and oxygen atoms in total. The molecule has 1 unspecified atom stereocenters. The number of nitrogens with zero attached hydrogens (tertiary/aromatic N) is 2. The Morgan fingerprint density at radius 1 is 1.08 bits per heavy atom. The summed E-state index contributed by atoms with van der Waals surface area (Å²) in [7, 11) is 0. The number of nitrogens with two attached hydrogens (primary N) is 1. The minimum atomic E-state index is -0.795. The van der Waals surface area contributed by atoms with Crippen LogP contribution in [0.2, 0.25) is 5.02 Å². The van der Waals surface area contributed by atoms with Crippen molar-refractivity contribution in [3.05, 3.63) is 77.2 Å². The van der Waals surface area contributed by atoms with Gasteiger partial charge in [-0.25, -0.2) is 9.97 Å². The van der Waals surface area contributed by atoms with E-state index in [4.69, 9.17) is 17.3 Å². The van der Waals surface area contributed by atoms with Crippen molar-refractivity contribution >= 4 is 28.8 Å². The molecule has 0 spiro atoms. The lowest BCUT2D eigenvalue weighted by molar-refractivity contribution is 0.221. The number of aliphatic hydroxyl groups is 1. The number of aliphatic hydroxyl groups excluding tert-OH is 1. The molecule has 0 aliphatic carbocycles. The van der Waals surface area contributed by atoms with Gasteiger partial charge in [-0.2, -0.15) is 0 Å². The van der Waals surface area contributed by atoms with Crippen LogP contribution < -0.4 is 5.73 Å². The van der Waals surface area contributed by atoms with E-state index in [1.54, 1.807) is 42.1 Å². The fourth-order valence-electron chi connectivity index (χ4n) is 2.75. The maximum atomic E-state index is 11.0. The second-order valence-electron chi connectivity index (χ2n) is 5.76. The summed E-state index contributed by atoms with van der Waals surface area (Å²) in [5, 5.41) is 11.6. The molecule has 0 amide bonds. The number of halogens is 1. The van der Waals surface area contributed by atoms with E-state index < -0.39 is 6.10 Å². The third kappa shape index (κ3) is 3.22. The van der Waals surface area contributed by atoms with Crippen molar-refractivity contribution in [3.63, 3.8) is 0 Å². The number of anilines is 1. The lowest BCUT2D eigenvalue weighted by Crippen LogP contribution is -1.99. The van der Waals surface area contributed by atoms with Crippen molar-refractivity contribution in [1.29, 1.82) is 0 Å². The highest BCUT2D eigenvalue weighted by molar-refractivity contribution is 7.19. The number of H-pyrrole nitrogens is 1. The summed E-state index contributed by atoms with van der Waals surface area (Å²) in [5.41, 5.74) is 8.30. The molecule has 0 radical (unpaired) electrons. The van der Waals surface area contributed by atoms with Crippen LogP contribution in [0.25, 0.3) is 21.1 Å². The third-order valence-corrected chi connectivity index (χ3v) is 5.48. The number of rotatable bonds is 4. The number of hydrogen-bond acceptors (Lipinski definition) is 5. The van der Waals surface area contributed by atoms with Gasteiger partial charge >= 0.3 is 0 Å². The number of nitrogens with one attached hydrogen (secondary N) is 1. The fourth-order valence-corrected chi connectivity index (χ4v) is 4.02. The number of nitrogen functional groups attached to an aromatic ring is 1. The molecule has 0 bridgehead atoms. The zero-order chi connectivity index (χ0) is 18.1. The van der Waals surface area contributed by atoms with Crippen LogP contribution in [0.1, 0.15) is 17.2 Å². The van der Waals surface area contributed by atoms with E-state index >= 15 is 0 Å². The van der Waals surface area contributed by atoms with E-state index in [1.165, 1.54) is 0 Å². The monoisotopic (exact) mass is 382 g/mol. The summed E-state index contributed by atoms with van der Waals surface area (Å²) >= 11 is 7.50. The highest BCUT2D eigenvalue weighted by Gasteiger charge is 2.21. The molecule has 0 fully saturated rings. The Kier molecular flexibility index (Phi) is 4.46. The molecule has 1 atom stereocenters. The molecule has 4 N–H and O–H groups in total. The number of aromatic nitrogens is 3. The molecule has 0 saturated carbocycles. The van der Waals surface area contributed by atoms with Gasteiger partial charge in [-0.05, 0) is 41.5 Å². The zero-order valence-corrected chi connectivity index (χ0v) is 15.1. The fraction of sp³-hybridized carbons (Fsp3) is 0.0526. The van der Waals surface area contributed by atoms with Gasteiger partial charge in [-0.1, -0.05) is 23.7 Å². The van der Waals surface area contributed by atoms with E-state index in [0.717, 1.165) is 26.4 Å². The Balaban J connectivity index is 1.83. The molecule has 4 rings (SSSR count). The standard InChI is InChI=1S/C19H15ClN4OS/c20-13-3-1-11(2-4-13)17(25)14-10-15(12-5-6-22-16(21)9-12)26-18(14)19-23-7-8-24-19/h1-10,17,25H,(H2,21,22)(H,23,24). The first-order chi connectivity index (χ1) is 12.6. The molecular weight excluding hydrogens is 368 g/mol. The molecule has 0 saturated heterocycles. The van der Waals surface area contributed by atoms with Gasteiger partial charge in [-0.15, -0.1) is 11.3 Å². The Morgan fingerprint density at radius 2 is 1.88 bits per heavy atom. The van der Waals surface area contributed by atoms with Crippen molar-refractivity contribution < 1.29 is 5.11 Å². The lowest BCUT2D eigenvalue weighted by atomic mass is 10.0. The summed E-state index contributed by atoms with van der Waals surface area (Å²) in [4.78, 5) is 13.4. The first-order valence-corrected chi connectivity index (χ1v) is 9.10.